The van der Waals surface area contributed by atoms with Gasteiger partial charge in [0.1, 0.15) is 10.8 Å². The molecule has 1 aliphatic rings. The van der Waals surface area contributed by atoms with E-state index in [1.165, 1.54) is 41.5 Å². The van der Waals surface area contributed by atoms with Gasteiger partial charge in [0, 0.05) is 10.6 Å². The molecule has 0 saturated carbocycles. The molecule has 11 heteroatoms. The first-order valence-electron chi connectivity index (χ1n) is 9.47. The van der Waals surface area contributed by atoms with Gasteiger partial charge < -0.3 is 20.1 Å². The first kappa shape index (κ1) is 21.6. The quantitative estimate of drug-likeness (QED) is 0.365. The van der Waals surface area contributed by atoms with Gasteiger partial charge in [-0.2, -0.15) is 0 Å². The van der Waals surface area contributed by atoms with Crippen molar-refractivity contribution in [1.29, 1.82) is 0 Å². The number of anilines is 3. The van der Waals surface area contributed by atoms with E-state index < -0.39 is 5.97 Å². The number of aromatic nitrogens is 2. The first-order valence-corrected chi connectivity index (χ1v) is 12.1. The van der Waals surface area contributed by atoms with Gasteiger partial charge in [-0.1, -0.05) is 23.1 Å². The number of carbonyl (C=O) groups excluding carboxylic acids is 2. The number of ether oxygens (including phenoxy) is 2. The number of hydrogen-bond acceptors (Lipinski definition) is 10. The number of carbonyl (C=O) groups is 2. The van der Waals surface area contributed by atoms with Crippen LogP contribution in [0, 0.1) is 0 Å². The highest BCUT2D eigenvalue weighted by atomic mass is 32.2. The van der Waals surface area contributed by atoms with Gasteiger partial charge in [-0.3, -0.25) is 4.79 Å². The van der Waals surface area contributed by atoms with Crippen LogP contribution in [0.5, 0.6) is 5.75 Å². The Bertz CT molecular complexity index is 1090. The van der Waals surface area contributed by atoms with Crippen molar-refractivity contribution in [2.24, 2.45) is 0 Å². The van der Waals surface area contributed by atoms with Crippen molar-refractivity contribution < 1.29 is 19.1 Å². The standard InChI is InChI=1S/C20H20N4O4S3/c1-27-12-8-6-11(7-9-12)21-19-23-24-20(31-19)29-10-15(25)22-17-16(18(26)28-2)13-4-3-5-14(13)30-17/h6-9H,3-5,10H2,1-2H3,(H,21,23)(H,22,25). The molecule has 8 nitrogen and oxygen atoms in total. The summed E-state index contributed by atoms with van der Waals surface area (Å²) in [5.74, 6) is 0.340. The Morgan fingerprint density at radius 1 is 1.13 bits per heavy atom. The molecule has 0 bridgehead atoms. The topological polar surface area (TPSA) is 102 Å². The molecule has 0 radical (unpaired) electrons. The molecule has 1 aromatic carbocycles. The number of thioether (sulfide) groups is 1. The maximum Gasteiger partial charge on any atom is 0.341 e. The van der Waals surface area contributed by atoms with Crippen molar-refractivity contribution in [1.82, 2.24) is 10.2 Å². The minimum Gasteiger partial charge on any atom is -0.497 e. The van der Waals surface area contributed by atoms with E-state index in [0.29, 0.717) is 20.0 Å². The summed E-state index contributed by atoms with van der Waals surface area (Å²) in [6.07, 6.45) is 2.80. The van der Waals surface area contributed by atoms with Crippen LogP contribution in [0.15, 0.2) is 28.6 Å². The van der Waals surface area contributed by atoms with E-state index in [9.17, 15) is 9.59 Å². The normalized spacial score (nSPS) is 12.3. The summed E-state index contributed by atoms with van der Waals surface area (Å²) in [6.45, 7) is 0. The SMILES string of the molecule is COC(=O)c1c(NC(=O)CSc2nnc(Nc3ccc(OC)cc3)s2)sc2c1CCC2. The number of methoxy groups -OCH3 is 2. The van der Waals surface area contributed by atoms with Crippen LogP contribution in [0.1, 0.15) is 27.2 Å². The Morgan fingerprint density at radius 3 is 2.68 bits per heavy atom. The van der Waals surface area contributed by atoms with Crippen LogP contribution in [0.4, 0.5) is 15.8 Å². The largest absolute Gasteiger partial charge is 0.497 e. The van der Waals surface area contributed by atoms with Crippen molar-refractivity contribution >= 4 is 62.1 Å². The van der Waals surface area contributed by atoms with E-state index in [1.807, 2.05) is 24.3 Å². The maximum atomic E-state index is 12.5. The molecule has 0 aliphatic heterocycles. The molecule has 2 aromatic heterocycles. The second-order valence-corrected chi connectivity index (χ2v) is 9.92. The van der Waals surface area contributed by atoms with E-state index in [0.717, 1.165) is 41.1 Å². The number of esters is 1. The second kappa shape index (κ2) is 9.67. The predicted octanol–water partition coefficient (Wildman–Crippen LogP) is 4.36. The third-order valence-corrected chi connectivity index (χ3v) is 7.82. The molecule has 0 unspecified atom stereocenters. The predicted molar refractivity (Wildman–Crippen MR) is 123 cm³/mol. The lowest BCUT2D eigenvalue weighted by Gasteiger charge is -2.06. The average Bonchev–Trinajstić information content (AvgIpc) is 3.49. The molecule has 1 amide bonds. The molecule has 0 atom stereocenters. The highest BCUT2D eigenvalue weighted by Crippen LogP contribution is 2.39. The summed E-state index contributed by atoms with van der Waals surface area (Å²) in [4.78, 5) is 25.8. The van der Waals surface area contributed by atoms with Gasteiger partial charge in [-0.25, -0.2) is 4.79 Å². The van der Waals surface area contributed by atoms with Crippen LogP contribution in [-0.4, -0.2) is 42.0 Å². The van der Waals surface area contributed by atoms with Crippen LogP contribution in [0.2, 0.25) is 0 Å². The Morgan fingerprint density at radius 2 is 1.94 bits per heavy atom. The third kappa shape index (κ3) is 5.00. The van der Waals surface area contributed by atoms with Gasteiger partial charge in [0.15, 0.2) is 4.34 Å². The van der Waals surface area contributed by atoms with Gasteiger partial charge >= 0.3 is 5.97 Å². The summed E-state index contributed by atoms with van der Waals surface area (Å²) in [5.41, 5.74) is 2.38. The van der Waals surface area contributed by atoms with Crippen molar-refractivity contribution in [3.05, 3.63) is 40.3 Å². The zero-order valence-electron chi connectivity index (χ0n) is 16.9. The summed E-state index contributed by atoms with van der Waals surface area (Å²) >= 11 is 4.13. The van der Waals surface area contributed by atoms with Crippen molar-refractivity contribution in [3.8, 4) is 5.75 Å². The first-order chi connectivity index (χ1) is 15.1. The summed E-state index contributed by atoms with van der Waals surface area (Å²) in [7, 11) is 2.98. The Hall–Kier alpha value is -2.63. The van der Waals surface area contributed by atoms with Crippen LogP contribution in [0.25, 0.3) is 0 Å². The number of benzene rings is 1. The number of aryl methyl sites for hydroxylation is 1. The molecule has 1 aliphatic carbocycles. The highest BCUT2D eigenvalue weighted by Gasteiger charge is 2.28. The maximum absolute atomic E-state index is 12.5. The van der Waals surface area contributed by atoms with Crippen LogP contribution < -0.4 is 15.4 Å². The molecule has 3 aromatic rings. The van der Waals surface area contributed by atoms with Crippen LogP contribution in [-0.2, 0) is 22.4 Å². The molecule has 162 valence electrons. The molecular weight excluding hydrogens is 456 g/mol. The van der Waals surface area contributed by atoms with Gasteiger partial charge in [-0.15, -0.1) is 21.5 Å². The van der Waals surface area contributed by atoms with Gasteiger partial charge in [-0.05, 0) is 49.1 Å². The minimum atomic E-state index is -0.402. The summed E-state index contributed by atoms with van der Waals surface area (Å²) in [6, 6.07) is 7.48. The number of hydrogen-bond donors (Lipinski definition) is 2. The molecule has 0 spiro atoms. The monoisotopic (exact) mass is 476 g/mol. The Kier molecular flexibility index (Phi) is 6.73. The zero-order chi connectivity index (χ0) is 21.8. The number of amides is 1. The third-order valence-electron chi connectivity index (χ3n) is 4.64. The van der Waals surface area contributed by atoms with Crippen molar-refractivity contribution in [3.63, 3.8) is 0 Å². The summed E-state index contributed by atoms with van der Waals surface area (Å²) in [5, 5.41) is 15.5. The number of nitrogens with one attached hydrogen (secondary N) is 2. The van der Waals surface area contributed by atoms with Gasteiger partial charge in [0.05, 0.1) is 25.5 Å². The molecule has 2 heterocycles. The van der Waals surface area contributed by atoms with E-state index in [-0.39, 0.29) is 11.7 Å². The fourth-order valence-corrected chi connectivity index (χ4v) is 6.08. The molecule has 31 heavy (non-hydrogen) atoms. The highest BCUT2D eigenvalue weighted by molar-refractivity contribution is 8.01. The molecular formula is C20H20N4O4S3. The zero-order valence-corrected chi connectivity index (χ0v) is 19.3. The fraction of sp³-hybridized carbons (Fsp3) is 0.300. The minimum absolute atomic E-state index is 0.167. The molecule has 4 rings (SSSR count). The van der Waals surface area contributed by atoms with E-state index >= 15 is 0 Å². The number of nitrogens with zero attached hydrogens (tertiary/aromatic N) is 2. The molecule has 0 saturated heterocycles. The van der Waals surface area contributed by atoms with Crippen LogP contribution >= 0.6 is 34.4 Å². The number of fused-ring (bicyclic) bond motifs is 1. The lowest BCUT2D eigenvalue weighted by Crippen LogP contribution is -2.16. The lowest BCUT2D eigenvalue weighted by molar-refractivity contribution is -0.113. The molecule has 2 N–H and O–H groups in total. The second-order valence-electron chi connectivity index (χ2n) is 6.62. The van der Waals surface area contributed by atoms with Crippen LogP contribution in [0.3, 0.4) is 0 Å². The number of thiophene rings is 1. The average molecular weight is 477 g/mol. The van der Waals surface area contributed by atoms with Crippen molar-refractivity contribution in [2.75, 3.05) is 30.6 Å². The summed E-state index contributed by atoms with van der Waals surface area (Å²) < 4.78 is 10.7. The van der Waals surface area contributed by atoms with E-state index in [1.54, 1.807) is 7.11 Å². The van der Waals surface area contributed by atoms with Crippen molar-refractivity contribution in [2.45, 2.75) is 23.6 Å². The number of rotatable bonds is 8. The Balaban J connectivity index is 1.34. The van der Waals surface area contributed by atoms with E-state index in [2.05, 4.69) is 20.8 Å². The van der Waals surface area contributed by atoms with Gasteiger partial charge in [0.2, 0.25) is 11.0 Å². The lowest BCUT2D eigenvalue weighted by atomic mass is 10.1. The fourth-order valence-electron chi connectivity index (χ4n) is 3.22. The Labute approximate surface area is 191 Å². The van der Waals surface area contributed by atoms with Gasteiger partial charge in [0.25, 0.3) is 0 Å². The smallest absolute Gasteiger partial charge is 0.341 e. The molecule has 0 fully saturated rings. The van der Waals surface area contributed by atoms with E-state index in [4.69, 9.17) is 9.47 Å².